The highest BCUT2D eigenvalue weighted by atomic mass is 32.1. The summed E-state index contributed by atoms with van der Waals surface area (Å²) in [4.78, 5) is 9.65. The van der Waals surface area contributed by atoms with Crippen molar-refractivity contribution in [2.45, 2.75) is 25.9 Å². The van der Waals surface area contributed by atoms with Crippen molar-refractivity contribution in [1.29, 1.82) is 0 Å². The first kappa shape index (κ1) is 14.4. The molecule has 0 aliphatic carbocycles. The molecule has 0 saturated carbocycles. The van der Waals surface area contributed by atoms with Gasteiger partial charge in [-0.2, -0.15) is 0 Å². The molecule has 1 aromatic heterocycles. The van der Waals surface area contributed by atoms with Crippen LogP contribution in [0.25, 0.3) is 0 Å². The Morgan fingerprint density at radius 3 is 2.68 bits per heavy atom. The summed E-state index contributed by atoms with van der Waals surface area (Å²) in [6.07, 6.45) is 4.75. The Labute approximate surface area is 120 Å². The standard InChI is InChI=1S/C14H22N4S/c1-2-13(14(15)19)18-8-6-17(7-9-18)11-12-4-3-5-16-10-12/h3-5,10,13H,2,6-9,11H2,1H3,(H2,15,19). The van der Waals surface area contributed by atoms with Crippen LogP contribution in [0.4, 0.5) is 0 Å². The molecule has 2 rings (SSSR count). The second kappa shape index (κ2) is 6.93. The van der Waals surface area contributed by atoms with E-state index in [1.165, 1.54) is 5.56 Å². The maximum atomic E-state index is 5.80. The summed E-state index contributed by atoms with van der Waals surface area (Å²) in [6, 6.07) is 4.38. The lowest BCUT2D eigenvalue weighted by Gasteiger charge is -2.38. The van der Waals surface area contributed by atoms with Gasteiger partial charge in [-0.15, -0.1) is 0 Å². The number of hydrogen-bond acceptors (Lipinski definition) is 4. The van der Waals surface area contributed by atoms with Crippen LogP contribution in [0.15, 0.2) is 24.5 Å². The van der Waals surface area contributed by atoms with Gasteiger partial charge in [0.15, 0.2) is 0 Å². The minimum Gasteiger partial charge on any atom is -0.392 e. The van der Waals surface area contributed by atoms with Gasteiger partial charge in [-0.25, -0.2) is 0 Å². The van der Waals surface area contributed by atoms with Gasteiger partial charge in [-0.1, -0.05) is 25.2 Å². The van der Waals surface area contributed by atoms with E-state index >= 15 is 0 Å². The highest BCUT2D eigenvalue weighted by Crippen LogP contribution is 2.12. The van der Waals surface area contributed by atoms with E-state index in [1.807, 2.05) is 18.5 Å². The monoisotopic (exact) mass is 278 g/mol. The minimum atomic E-state index is 0.260. The maximum absolute atomic E-state index is 5.80. The third kappa shape index (κ3) is 3.96. The molecule has 1 aliphatic rings. The fourth-order valence-electron chi connectivity index (χ4n) is 2.62. The van der Waals surface area contributed by atoms with E-state index in [9.17, 15) is 0 Å². The molecule has 1 atom stereocenters. The Hall–Kier alpha value is -1.04. The fourth-order valence-corrected chi connectivity index (χ4v) is 2.94. The predicted molar refractivity (Wildman–Crippen MR) is 82.0 cm³/mol. The van der Waals surface area contributed by atoms with Gasteiger partial charge in [0.2, 0.25) is 0 Å². The number of nitrogens with zero attached hydrogens (tertiary/aromatic N) is 3. The highest BCUT2D eigenvalue weighted by Gasteiger charge is 2.24. The van der Waals surface area contributed by atoms with Crippen molar-refractivity contribution in [3.63, 3.8) is 0 Å². The largest absolute Gasteiger partial charge is 0.392 e. The maximum Gasteiger partial charge on any atom is 0.0901 e. The van der Waals surface area contributed by atoms with Gasteiger partial charge in [-0.05, 0) is 18.1 Å². The van der Waals surface area contributed by atoms with Crippen LogP contribution in [-0.4, -0.2) is 52.0 Å². The SMILES string of the molecule is CCC(C(N)=S)N1CCN(Cc2cccnc2)CC1. The number of pyridine rings is 1. The molecule has 1 unspecified atom stereocenters. The zero-order valence-electron chi connectivity index (χ0n) is 11.5. The molecule has 2 N–H and O–H groups in total. The molecule has 1 fully saturated rings. The number of rotatable bonds is 5. The van der Waals surface area contributed by atoms with Crippen molar-refractivity contribution in [2.75, 3.05) is 26.2 Å². The van der Waals surface area contributed by atoms with E-state index in [0.717, 1.165) is 39.1 Å². The minimum absolute atomic E-state index is 0.260. The lowest BCUT2D eigenvalue weighted by atomic mass is 10.1. The molecule has 1 aliphatic heterocycles. The molecule has 0 amide bonds. The molecule has 0 aromatic carbocycles. The third-order valence-corrected chi connectivity index (χ3v) is 3.96. The topological polar surface area (TPSA) is 45.4 Å². The second-order valence-corrected chi connectivity index (χ2v) is 5.47. The van der Waals surface area contributed by atoms with Crippen molar-refractivity contribution in [2.24, 2.45) is 5.73 Å². The van der Waals surface area contributed by atoms with Crippen molar-refractivity contribution in [3.8, 4) is 0 Å². The molecule has 0 spiro atoms. The van der Waals surface area contributed by atoms with E-state index in [1.54, 1.807) is 0 Å². The quantitative estimate of drug-likeness (QED) is 0.822. The molecule has 1 aromatic rings. The first-order valence-corrected chi connectivity index (χ1v) is 7.26. The van der Waals surface area contributed by atoms with Gasteiger partial charge in [0.25, 0.3) is 0 Å². The highest BCUT2D eigenvalue weighted by molar-refractivity contribution is 7.80. The van der Waals surface area contributed by atoms with Crippen LogP contribution in [0.2, 0.25) is 0 Å². The van der Waals surface area contributed by atoms with Crippen LogP contribution in [0.5, 0.6) is 0 Å². The molecule has 19 heavy (non-hydrogen) atoms. The summed E-state index contributed by atoms with van der Waals surface area (Å²) in [5, 5.41) is 0. The van der Waals surface area contributed by atoms with E-state index in [-0.39, 0.29) is 6.04 Å². The zero-order valence-corrected chi connectivity index (χ0v) is 12.3. The Kier molecular flexibility index (Phi) is 5.24. The average Bonchev–Trinajstić information content (AvgIpc) is 2.42. The average molecular weight is 278 g/mol. The number of piperazine rings is 1. The molecule has 2 heterocycles. The van der Waals surface area contributed by atoms with Crippen molar-refractivity contribution in [3.05, 3.63) is 30.1 Å². The molecule has 5 heteroatoms. The second-order valence-electron chi connectivity index (χ2n) is 5.00. The van der Waals surface area contributed by atoms with Crippen molar-refractivity contribution < 1.29 is 0 Å². The van der Waals surface area contributed by atoms with E-state index in [2.05, 4.69) is 27.8 Å². The smallest absolute Gasteiger partial charge is 0.0901 e. The first-order chi connectivity index (χ1) is 9.20. The molecule has 0 bridgehead atoms. The third-order valence-electron chi connectivity index (χ3n) is 3.69. The number of hydrogen-bond donors (Lipinski definition) is 1. The zero-order chi connectivity index (χ0) is 13.7. The van der Waals surface area contributed by atoms with Crippen LogP contribution in [-0.2, 0) is 6.54 Å². The van der Waals surface area contributed by atoms with Crippen molar-refractivity contribution in [1.82, 2.24) is 14.8 Å². The fraction of sp³-hybridized carbons (Fsp3) is 0.571. The normalized spacial score (nSPS) is 19.2. The summed E-state index contributed by atoms with van der Waals surface area (Å²) >= 11 is 5.15. The summed E-state index contributed by atoms with van der Waals surface area (Å²) in [6.45, 7) is 7.33. The van der Waals surface area contributed by atoms with Crippen LogP contribution in [0.3, 0.4) is 0 Å². The van der Waals surface area contributed by atoms with Crippen LogP contribution >= 0.6 is 12.2 Å². The number of aromatic nitrogens is 1. The molecule has 104 valence electrons. The number of nitrogens with two attached hydrogens (primary N) is 1. The van der Waals surface area contributed by atoms with Crippen LogP contribution in [0, 0.1) is 0 Å². The van der Waals surface area contributed by atoms with Gasteiger partial charge >= 0.3 is 0 Å². The molecule has 1 saturated heterocycles. The first-order valence-electron chi connectivity index (χ1n) is 6.85. The molecule has 4 nitrogen and oxygen atoms in total. The molecule has 0 radical (unpaired) electrons. The van der Waals surface area contributed by atoms with Gasteiger partial charge < -0.3 is 5.73 Å². The van der Waals surface area contributed by atoms with Gasteiger partial charge in [-0.3, -0.25) is 14.8 Å². The summed E-state index contributed by atoms with van der Waals surface area (Å²) < 4.78 is 0. The van der Waals surface area contributed by atoms with E-state index in [0.29, 0.717) is 4.99 Å². The van der Waals surface area contributed by atoms with Crippen molar-refractivity contribution >= 4 is 17.2 Å². The molecular weight excluding hydrogens is 256 g/mol. The van der Waals surface area contributed by atoms with Gasteiger partial charge in [0.05, 0.1) is 11.0 Å². The van der Waals surface area contributed by atoms with Gasteiger partial charge in [0, 0.05) is 45.1 Å². The summed E-state index contributed by atoms with van der Waals surface area (Å²) in [5.74, 6) is 0. The van der Waals surface area contributed by atoms with E-state index < -0.39 is 0 Å². The van der Waals surface area contributed by atoms with Crippen LogP contribution in [0.1, 0.15) is 18.9 Å². The Balaban J connectivity index is 1.84. The van der Waals surface area contributed by atoms with Crippen LogP contribution < -0.4 is 5.73 Å². The van der Waals surface area contributed by atoms with E-state index in [4.69, 9.17) is 18.0 Å². The van der Waals surface area contributed by atoms with Gasteiger partial charge in [0.1, 0.15) is 0 Å². The Bertz CT molecular complexity index is 401. The summed E-state index contributed by atoms with van der Waals surface area (Å²) in [5.41, 5.74) is 7.08. The Morgan fingerprint density at radius 1 is 1.42 bits per heavy atom. The predicted octanol–water partition coefficient (Wildman–Crippen LogP) is 1.26. The summed E-state index contributed by atoms with van der Waals surface area (Å²) in [7, 11) is 0. The molecular formula is C14H22N4S. The lowest BCUT2D eigenvalue weighted by molar-refractivity contribution is 0.112. The number of thiocarbonyl (C=S) groups is 1. The Morgan fingerprint density at radius 2 is 2.16 bits per heavy atom. The lowest BCUT2D eigenvalue weighted by Crippen LogP contribution is -2.53.